The van der Waals surface area contributed by atoms with Gasteiger partial charge in [0.25, 0.3) is 10.0 Å². The molecule has 0 bridgehead atoms. The predicted octanol–water partition coefficient (Wildman–Crippen LogP) is 4.91. The summed E-state index contributed by atoms with van der Waals surface area (Å²) in [5, 5.41) is 29.6. The Kier molecular flexibility index (Phi) is 6.98. The topological polar surface area (TPSA) is 141 Å². The van der Waals surface area contributed by atoms with Crippen molar-refractivity contribution in [2.75, 3.05) is 4.72 Å². The van der Waals surface area contributed by atoms with E-state index in [9.17, 15) is 33.3 Å². The molecule has 0 aliphatic heterocycles. The van der Waals surface area contributed by atoms with Gasteiger partial charge >= 0.3 is 11.9 Å². The molecule has 3 aromatic rings. The van der Waals surface area contributed by atoms with E-state index in [4.69, 9.17) is 11.6 Å². The second-order valence-corrected chi connectivity index (χ2v) is 10.1. The summed E-state index contributed by atoms with van der Waals surface area (Å²) in [6, 6.07) is 14.6. The van der Waals surface area contributed by atoms with Gasteiger partial charge in [-0.25, -0.2) is 18.0 Å². The Bertz CT molecular complexity index is 1510. The molecule has 8 nitrogen and oxygen atoms in total. The molecule has 0 unspecified atom stereocenters. The maximum Gasteiger partial charge on any atom is 0.338 e. The van der Waals surface area contributed by atoms with E-state index in [1.807, 2.05) is 12.2 Å². The molecular weight excluding hydrogens is 506 g/mol. The Balaban J connectivity index is 1.76. The quantitative estimate of drug-likeness (QED) is 0.343. The first-order chi connectivity index (χ1) is 17.0. The van der Waals surface area contributed by atoms with Gasteiger partial charge in [-0.3, -0.25) is 4.72 Å². The number of carboxylic acids is 2. The number of rotatable bonds is 7. The number of aliphatic hydroxyl groups excluding tert-OH is 1. The first-order valence-corrected chi connectivity index (χ1v) is 12.5. The summed E-state index contributed by atoms with van der Waals surface area (Å²) < 4.78 is 28.5. The number of aromatic carboxylic acids is 2. The van der Waals surface area contributed by atoms with Crippen molar-refractivity contribution in [3.63, 3.8) is 0 Å². The second kappa shape index (κ2) is 9.98. The number of carbonyl (C=O) groups is 2. The third-order valence-corrected chi connectivity index (χ3v) is 7.18. The van der Waals surface area contributed by atoms with Crippen LogP contribution in [0.25, 0.3) is 16.7 Å². The van der Waals surface area contributed by atoms with Crippen molar-refractivity contribution in [3.8, 4) is 11.1 Å². The Morgan fingerprint density at radius 2 is 1.53 bits per heavy atom. The fraction of sp³-hybridized carbons (Fsp3) is 0.0769. The van der Waals surface area contributed by atoms with Crippen molar-refractivity contribution in [2.45, 2.75) is 17.4 Å². The molecule has 0 aromatic heterocycles. The van der Waals surface area contributed by atoms with Gasteiger partial charge in [-0.2, -0.15) is 0 Å². The average Bonchev–Trinajstić information content (AvgIpc) is 2.83. The fourth-order valence-electron chi connectivity index (χ4n) is 3.82. The normalized spacial score (nSPS) is 15.3. The maximum atomic E-state index is 13.2. The SMILES string of the molecule is O=C(O)c1cc(-c2ccc(Cl)cc2)cc(NS(=O)(=O)c2ccc(C3=C[C@@H](O)CC=C3)cc2)c1C(=O)O. The second-order valence-electron chi connectivity index (χ2n) is 8.02. The number of sulfonamides is 1. The molecule has 0 saturated heterocycles. The third kappa shape index (κ3) is 5.33. The standard InChI is InChI=1S/C26H20ClNO7S/c27-19-8-4-16(5-9-19)18-13-22(25(30)31)24(26(32)33)23(14-18)28-36(34,35)21-10-6-15(7-11-21)17-2-1-3-20(29)12-17/h1-2,4-14,20,28-29H,3H2,(H,30,31)(H,32,33)/t20-/m0/s1. The van der Waals surface area contributed by atoms with Crippen LogP contribution in [0, 0.1) is 0 Å². The molecule has 0 radical (unpaired) electrons. The molecule has 0 amide bonds. The summed E-state index contributed by atoms with van der Waals surface area (Å²) in [6.45, 7) is 0. The van der Waals surface area contributed by atoms with Crippen LogP contribution in [0.5, 0.6) is 0 Å². The lowest BCUT2D eigenvalue weighted by Crippen LogP contribution is -2.18. The van der Waals surface area contributed by atoms with Crippen LogP contribution in [0.3, 0.4) is 0 Å². The zero-order chi connectivity index (χ0) is 26.0. The molecule has 0 saturated carbocycles. The number of nitrogens with one attached hydrogen (secondary N) is 1. The van der Waals surface area contributed by atoms with Crippen molar-refractivity contribution in [3.05, 3.63) is 101 Å². The predicted molar refractivity (Wildman–Crippen MR) is 136 cm³/mol. The summed E-state index contributed by atoms with van der Waals surface area (Å²) in [6.07, 6.45) is 5.17. The van der Waals surface area contributed by atoms with Crippen LogP contribution in [0.15, 0.2) is 83.8 Å². The van der Waals surface area contributed by atoms with E-state index in [0.717, 1.165) is 5.57 Å². The van der Waals surface area contributed by atoms with Crippen LogP contribution in [-0.2, 0) is 10.0 Å². The first kappa shape index (κ1) is 25.2. The van der Waals surface area contributed by atoms with E-state index in [-0.39, 0.29) is 10.5 Å². The van der Waals surface area contributed by atoms with Gasteiger partial charge < -0.3 is 15.3 Å². The van der Waals surface area contributed by atoms with Crippen molar-refractivity contribution < 1.29 is 33.3 Å². The summed E-state index contributed by atoms with van der Waals surface area (Å²) >= 11 is 5.92. The highest BCUT2D eigenvalue weighted by Crippen LogP contribution is 2.32. The van der Waals surface area contributed by atoms with Crippen LogP contribution in [0.4, 0.5) is 5.69 Å². The number of allylic oxidation sites excluding steroid dienone is 2. The molecule has 0 spiro atoms. The van der Waals surface area contributed by atoms with E-state index in [1.165, 1.54) is 24.3 Å². The molecular formula is C26H20ClNO7S. The van der Waals surface area contributed by atoms with E-state index >= 15 is 0 Å². The smallest absolute Gasteiger partial charge is 0.338 e. The maximum absolute atomic E-state index is 13.2. The van der Waals surface area contributed by atoms with Crippen molar-refractivity contribution in [1.82, 2.24) is 0 Å². The molecule has 0 fully saturated rings. The van der Waals surface area contributed by atoms with E-state index < -0.39 is 44.9 Å². The summed E-state index contributed by atoms with van der Waals surface area (Å²) in [5.74, 6) is -3.12. The minimum Gasteiger partial charge on any atom is -0.478 e. The van der Waals surface area contributed by atoms with Crippen molar-refractivity contribution in [1.29, 1.82) is 0 Å². The van der Waals surface area contributed by atoms with Crippen molar-refractivity contribution >= 4 is 44.8 Å². The molecule has 0 heterocycles. The van der Waals surface area contributed by atoms with Crippen LogP contribution in [0.1, 0.15) is 32.7 Å². The number of anilines is 1. The largest absolute Gasteiger partial charge is 0.478 e. The lowest BCUT2D eigenvalue weighted by atomic mass is 9.97. The van der Waals surface area contributed by atoms with Gasteiger partial charge in [0.05, 0.1) is 27.8 Å². The molecule has 10 heteroatoms. The average molecular weight is 526 g/mol. The number of hydrogen-bond donors (Lipinski definition) is 4. The number of benzene rings is 3. The van der Waals surface area contributed by atoms with E-state index in [0.29, 0.717) is 22.6 Å². The first-order valence-electron chi connectivity index (χ1n) is 10.7. The lowest BCUT2D eigenvalue weighted by Gasteiger charge is -2.16. The lowest BCUT2D eigenvalue weighted by molar-refractivity contribution is 0.0652. The minimum atomic E-state index is -4.29. The monoisotopic (exact) mass is 525 g/mol. The summed E-state index contributed by atoms with van der Waals surface area (Å²) in [7, 11) is -4.29. The highest BCUT2D eigenvalue weighted by molar-refractivity contribution is 7.92. The molecule has 3 aromatic carbocycles. The van der Waals surface area contributed by atoms with Gasteiger partial charge in [-0.1, -0.05) is 48.0 Å². The van der Waals surface area contributed by atoms with Crippen molar-refractivity contribution in [2.24, 2.45) is 0 Å². The highest BCUT2D eigenvalue weighted by atomic mass is 35.5. The number of halogens is 1. The summed E-state index contributed by atoms with van der Waals surface area (Å²) in [4.78, 5) is 23.7. The Hall–Kier alpha value is -3.92. The number of carboxylic acid groups (broad SMARTS) is 2. The molecule has 4 N–H and O–H groups in total. The van der Waals surface area contributed by atoms with Crippen LogP contribution < -0.4 is 4.72 Å². The van der Waals surface area contributed by atoms with Gasteiger partial charge in [0.2, 0.25) is 0 Å². The number of aliphatic hydroxyl groups is 1. The molecule has 184 valence electrons. The molecule has 4 rings (SSSR count). The Morgan fingerprint density at radius 3 is 2.11 bits per heavy atom. The van der Waals surface area contributed by atoms with Gasteiger partial charge in [0.15, 0.2) is 0 Å². The van der Waals surface area contributed by atoms with Crippen LogP contribution in [0.2, 0.25) is 5.02 Å². The van der Waals surface area contributed by atoms with E-state index in [1.54, 1.807) is 42.5 Å². The molecule has 1 aliphatic rings. The molecule has 1 atom stereocenters. The minimum absolute atomic E-state index is 0.155. The van der Waals surface area contributed by atoms with Gasteiger partial charge in [-0.05, 0) is 71.2 Å². The van der Waals surface area contributed by atoms with Gasteiger partial charge in [0, 0.05) is 5.02 Å². The molecule has 1 aliphatic carbocycles. The third-order valence-electron chi connectivity index (χ3n) is 5.55. The Morgan fingerprint density at radius 1 is 0.889 bits per heavy atom. The van der Waals surface area contributed by atoms with E-state index in [2.05, 4.69) is 4.72 Å². The zero-order valence-corrected chi connectivity index (χ0v) is 20.1. The zero-order valence-electron chi connectivity index (χ0n) is 18.6. The van der Waals surface area contributed by atoms with Crippen LogP contribution in [-0.4, -0.2) is 41.8 Å². The highest BCUT2D eigenvalue weighted by Gasteiger charge is 2.26. The van der Waals surface area contributed by atoms with Gasteiger partial charge in [0.1, 0.15) is 0 Å². The van der Waals surface area contributed by atoms with Gasteiger partial charge in [-0.15, -0.1) is 0 Å². The summed E-state index contributed by atoms with van der Waals surface area (Å²) in [5.41, 5.74) is 0.576. The number of hydrogen-bond acceptors (Lipinski definition) is 5. The van der Waals surface area contributed by atoms with Crippen LogP contribution >= 0.6 is 11.6 Å². The molecule has 36 heavy (non-hydrogen) atoms. The Labute approximate surface area is 211 Å². The fourth-order valence-corrected chi connectivity index (χ4v) is 5.01.